The summed E-state index contributed by atoms with van der Waals surface area (Å²) >= 11 is 0. The third kappa shape index (κ3) is 4.83. The third-order valence-electron chi connectivity index (χ3n) is 7.50. The molecule has 1 amide bonds. The van der Waals surface area contributed by atoms with E-state index < -0.39 is 0 Å². The van der Waals surface area contributed by atoms with E-state index in [1.165, 1.54) is 0 Å². The number of carbonyl (C=O) groups excluding carboxylic acids is 1. The van der Waals surface area contributed by atoms with Gasteiger partial charge in [-0.1, -0.05) is 0 Å². The van der Waals surface area contributed by atoms with E-state index in [2.05, 4.69) is 24.8 Å². The Morgan fingerprint density at radius 3 is 2.57 bits per heavy atom. The maximum absolute atomic E-state index is 13.2. The van der Waals surface area contributed by atoms with Crippen molar-refractivity contribution in [2.24, 2.45) is 4.99 Å². The molecule has 1 atom stereocenters. The number of aliphatic imine (C=N–C) groups is 1. The van der Waals surface area contributed by atoms with Gasteiger partial charge in [0.15, 0.2) is 11.5 Å². The van der Waals surface area contributed by atoms with Crippen molar-refractivity contribution in [3.63, 3.8) is 0 Å². The molecule has 192 valence electrons. The van der Waals surface area contributed by atoms with Gasteiger partial charge in [0.05, 0.1) is 31.0 Å². The summed E-state index contributed by atoms with van der Waals surface area (Å²) in [5.41, 5.74) is 1.38. The first-order valence-electron chi connectivity index (χ1n) is 13.1. The molecular formula is C28H32N6O3. The van der Waals surface area contributed by atoms with Crippen molar-refractivity contribution in [1.82, 2.24) is 19.8 Å². The Bertz CT molecular complexity index is 1310. The van der Waals surface area contributed by atoms with E-state index in [0.29, 0.717) is 23.7 Å². The summed E-state index contributed by atoms with van der Waals surface area (Å²) in [7, 11) is 1.65. The van der Waals surface area contributed by atoms with Crippen molar-refractivity contribution in [3.05, 3.63) is 48.3 Å². The second-order valence-corrected chi connectivity index (χ2v) is 9.79. The molecule has 9 nitrogen and oxygen atoms in total. The van der Waals surface area contributed by atoms with Gasteiger partial charge in [0.1, 0.15) is 0 Å². The molecule has 2 saturated heterocycles. The van der Waals surface area contributed by atoms with Crippen molar-refractivity contribution in [1.29, 1.82) is 0 Å². The Morgan fingerprint density at radius 2 is 1.76 bits per heavy atom. The van der Waals surface area contributed by atoms with Crippen LogP contribution in [-0.2, 0) is 0 Å². The average Bonchev–Trinajstić information content (AvgIpc) is 3.38. The standard InChI is InChI=1S/C28H32N6O3/c1-36-25-17-20-15-23-24(31-19-22-5-2-9-34(22)27(23)35)16-21(20)18-26(25)37-14-4-8-32-10-12-33(13-11-32)28-29-6-3-7-30-28/h3,6-7,15-19,22H,2,4-5,8-14H2,1H3/t22-/m0/s1. The number of aromatic nitrogens is 2. The first kappa shape index (κ1) is 23.7. The van der Waals surface area contributed by atoms with Gasteiger partial charge < -0.3 is 19.3 Å². The van der Waals surface area contributed by atoms with Gasteiger partial charge >= 0.3 is 0 Å². The monoisotopic (exact) mass is 500 g/mol. The number of benzene rings is 2. The lowest BCUT2D eigenvalue weighted by Crippen LogP contribution is -2.47. The number of piperazine rings is 1. The van der Waals surface area contributed by atoms with Crippen molar-refractivity contribution >= 4 is 34.5 Å². The topological polar surface area (TPSA) is 83.4 Å². The number of anilines is 1. The minimum Gasteiger partial charge on any atom is -0.493 e. The lowest BCUT2D eigenvalue weighted by Gasteiger charge is -2.34. The van der Waals surface area contributed by atoms with E-state index >= 15 is 0 Å². The quantitative estimate of drug-likeness (QED) is 0.459. The van der Waals surface area contributed by atoms with Gasteiger partial charge in [0, 0.05) is 57.9 Å². The molecule has 3 aliphatic rings. The summed E-state index contributed by atoms with van der Waals surface area (Å²) in [6.07, 6.45) is 8.43. The number of hydrogen-bond acceptors (Lipinski definition) is 8. The molecule has 0 unspecified atom stereocenters. The number of nitrogens with zero attached hydrogens (tertiary/aromatic N) is 6. The van der Waals surface area contributed by atoms with Crippen LogP contribution in [0.25, 0.3) is 10.8 Å². The van der Waals surface area contributed by atoms with E-state index in [0.717, 1.165) is 80.9 Å². The number of methoxy groups -OCH3 is 1. The van der Waals surface area contributed by atoms with Crippen LogP contribution >= 0.6 is 0 Å². The number of ether oxygens (including phenoxy) is 2. The number of fused-ring (bicyclic) bond motifs is 3. The van der Waals surface area contributed by atoms with Crippen LogP contribution in [-0.4, -0.2) is 90.9 Å². The minimum atomic E-state index is 0.0633. The maximum atomic E-state index is 13.2. The molecule has 4 heterocycles. The van der Waals surface area contributed by atoms with E-state index in [4.69, 9.17) is 9.47 Å². The van der Waals surface area contributed by atoms with Crippen molar-refractivity contribution in [2.45, 2.75) is 25.3 Å². The van der Waals surface area contributed by atoms with Gasteiger partial charge in [-0.05, 0) is 60.4 Å². The second-order valence-electron chi connectivity index (χ2n) is 9.79. The average molecular weight is 501 g/mol. The van der Waals surface area contributed by atoms with Gasteiger partial charge in [-0.2, -0.15) is 0 Å². The lowest BCUT2D eigenvalue weighted by atomic mass is 10.0. The maximum Gasteiger partial charge on any atom is 0.256 e. The Morgan fingerprint density at radius 1 is 0.973 bits per heavy atom. The molecule has 37 heavy (non-hydrogen) atoms. The third-order valence-corrected chi connectivity index (χ3v) is 7.50. The zero-order valence-electron chi connectivity index (χ0n) is 21.2. The summed E-state index contributed by atoms with van der Waals surface area (Å²) in [4.78, 5) is 33.2. The normalized spacial score (nSPS) is 19.6. The predicted molar refractivity (Wildman–Crippen MR) is 144 cm³/mol. The highest BCUT2D eigenvalue weighted by Crippen LogP contribution is 2.37. The summed E-state index contributed by atoms with van der Waals surface area (Å²) in [5, 5.41) is 1.94. The highest BCUT2D eigenvalue weighted by molar-refractivity contribution is 6.07. The van der Waals surface area contributed by atoms with Crippen molar-refractivity contribution < 1.29 is 14.3 Å². The fourth-order valence-electron chi connectivity index (χ4n) is 5.46. The molecule has 0 bridgehead atoms. The Balaban J connectivity index is 1.09. The summed E-state index contributed by atoms with van der Waals surface area (Å²) in [6, 6.07) is 9.83. The smallest absolute Gasteiger partial charge is 0.256 e. The van der Waals surface area contributed by atoms with E-state index in [1.54, 1.807) is 19.5 Å². The van der Waals surface area contributed by atoms with E-state index in [1.807, 2.05) is 41.4 Å². The first-order chi connectivity index (χ1) is 18.2. The Kier molecular flexibility index (Phi) is 6.61. The largest absolute Gasteiger partial charge is 0.493 e. The summed E-state index contributed by atoms with van der Waals surface area (Å²) in [5.74, 6) is 2.26. The van der Waals surface area contributed by atoms with Crippen LogP contribution in [0.2, 0.25) is 0 Å². The molecule has 0 radical (unpaired) electrons. The van der Waals surface area contributed by atoms with Crippen LogP contribution < -0.4 is 14.4 Å². The highest BCUT2D eigenvalue weighted by atomic mass is 16.5. The molecule has 2 aromatic carbocycles. The van der Waals surface area contributed by atoms with Crippen LogP contribution in [0.3, 0.4) is 0 Å². The second kappa shape index (κ2) is 10.3. The van der Waals surface area contributed by atoms with Gasteiger partial charge in [-0.15, -0.1) is 0 Å². The van der Waals surface area contributed by atoms with Gasteiger partial charge in [-0.3, -0.25) is 14.7 Å². The van der Waals surface area contributed by atoms with Crippen molar-refractivity contribution in [2.75, 3.05) is 57.9 Å². The fourth-order valence-corrected chi connectivity index (χ4v) is 5.46. The van der Waals surface area contributed by atoms with E-state index in [9.17, 15) is 4.79 Å². The number of rotatable bonds is 7. The van der Waals surface area contributed by atoms with Crippen LogP contribution in [0.1, 0.15) is 29.6 Å². The number of hydrogen-bond donors (Lipinski definition) is 0. The fraction of sp³-hybridized carbons (Fsp3) is 0.429. The predicted octanol–water partition coefficient (Wildman–Crippen LogP) is 3.55. The summed E-state index contributed by atoms with van der Waals surface area (Å²) in [6.45, 7) is 6.19. The summed E-state index contributed by atoms with van der Waals surface area (Å²) < 4.78 is 11.8. The SMILES string of the molecule is COc1cc2cc3c(cc2cc1OCCCN1CCN(c2ncccn2)CC1)N=C[C@@H]1CCCN1C3=O. The van der Waals surface area contributed by atoms with Crippen LogP contribution in [0.15, 0.2) is 47.7 Å². The van der Waals surface area contributed by atoms with Crippen molar-refractivity contribution in [3.8, 4) is 11.5 Å². The molecule has 9 heteroatoms. The van der Waals surface area contributed by atoms with Gasteiger partial charge in [0.2, 0.25) is 5.95 Å². The molecular weight excluding hydrogens is 468 g/mol. The zero-order chi connectivity index (χ0) is 25.2. The molecule has 6 rings (SSSR count). The van der Waals surface area contributed by atoms with Gasteiger partial charge in [0.25, 0.3) is 5.91 Å². The molecule has 0 aliphatic carbocycles. The molecule has 0 N–H and O–H groups in total. The zero-order valence-corrected chi connectivity index (χ0v) is 21.2. The van der Waals surface area contributed by atoms with Crippen LogP contribution in [0.5, 0.6) is 11.5 Å². The van der Waals surface area contributed by atoms with Crippen LogP contribution in [0, 0.1) is 0 Å². The lowest BCUT2D eigenvalue weighted by molar-refractivity contribution is 0.0775. The van der Waals surface area contributed by atoms with Gasteiger partial charge in [-0.25, -0.2) is 9.97 Å². The Hall–Kier alpha value is -3.72. The minimum absolute atomic E-state index is 0.0633. The Labute approximate surface area is 216 Å². The molecule has 3 aliphatic heterocycles. The number of amides is 1. The van der Waals surface area contributed by atoms with Crippen LogP contribution in [0.4, 0.5) is 11.6 Å². The molecule has 1 aromatic heterocycles. The molecule has 0 saturated carbocycles. The molecule has 3 aromatic rings. The first-order valence-corrected chi connectivity index (χ1v) is 13.1. The molecule has 0 spiro atoms. The highest BCUT2D eigenvalue weighted by Gasteiger charge is 2.32. The van der Waals surface area contributed by atoms with E-state index in [-0.39, 0.29) is 11.9 Å². The number of carbonyl (C=O) groups is 1. The molecule has 2 fully saturated rings.